The van der Waals surface area contributed by atoms with Crippen LogP contribution in [0.2, 0.25) is 0 Å². The van der Waals surface area contributed by atoms with Crippen LogP contribution in [0.1, 0.15) is 42.4 Å². The molecule has 6 heteroatoms. The monoisotopic (exact) mass is 370 g/mol. The number of piperazine rings is 1. The first-order valence-corrected chi connectivity index (χ1v) is 9.47. The molecule has 0 atom stereocenters. The van der Waals surface area contributed by atoms with Gasteiger partial charge in [-0.1, -0.05) is 26.0 Å². The van der Waals surface area contributed by atoms with Crippen molar-refractivity contribution in [1.29, 1.82) is 0 Å². The van der Waals surface area contributed by atoms with Crippen LogP contribution in [0.3, 0.4) is 0 Å². The Hall–Kier alpha value is -2.50. The predicted molar refractivity (Wildman–Crippen MR) is 104 cm³/mol. The van der Waals surface area contributed by atoms with Crippen LogP contribution in [0.4, 0.5) is 10.2 Å². The fourth-order valence-electron chi connectivity index (χ4n) is 3.68. The third-order valence-corrected chi connectivity index (χ3v) is 5.01. The van der Waals surface area contributed by atoms with Gasteiger partial charge in [-0.15, -0.1) is 0 Å². The molecule has 0 bridgehead atoms. The molecular formula is C21H27FN4O. The molecule has 1 amide bonds. The number of aryl methyl sites for hydroxylation is 2. The standard InChI is InChI=1S/C21H27FN4O/c1-14(2)20-15(3)23-16(4)24-21(20)26-11-9-25(10-12-26)19(27)13-17-5-7-18(22)8-6-17/h5-8,14H,9-13H2,1-4H3. The molecular weight excluding hydrogens is 343 g/mol. The van der Waals surface area contributed by atoms with Crippen LogP contribution >= 0.6 is 0 Å². The van der Waals surface area contributed by atoms with Gasteiger partial charge in [0.15, 0.2) is 0 Å². The molecule has 3 rings (SSSR count). The summed E-state index contributed by atoms with van der Waals surface area (Å²) in [6.07, 6.45) is 0.309. The molecule has 0 aliphatic carbocycles. The Morgan fingerprint density at radius 1 is 1.07 bits per heavy atom. The lowest BCUT2D eigenvalue weighted by atomic mass is 10.0. The molecule has 1 saturated heterocycles. The van der Waals surface area contributed by atoms with Crippen LogP contribution in [-0.2, 0) is 11.2 Å². The Balaban J connectivity index is 1.67. The average molecular weight is 370 g/mol. The molecule has 0 unspecified atom stereocenters. The Morgan fingerprint density at radius 3 is 2.30 bits per heavy atom. The Morgan fingerprint density at radius 2 is 1.70 bits per heavy atom. The van der Waals surface area contributed by atoms with Crippen molar-refractivity contribution in [2.24, 2.45) is 0 Å². The second-order valence-corrected chi connectivity index (χ2v) is 7.42. The largest absolute Gasteiger partial charge is 0.353 e. The van der Waals surface area contributed by atoms with E-state index in [2.05, 4.69) is 23.7 Å². The van der Waals surface area contributed by atoms with E-state index in [1.54, 1.807) is 12.1 Å². The van der Waals surface area contributed by atoms with Gasteiger partial charge in [-0.2, -0.15) is 0 Å². The number of hydrogen-bond donors (Lipinski definition) is 0. The zero-order valence-corrected chi connectivity index (χ0v) is 16.5. The number of rotatable bonds is 4. The molecule has 1 aliphatic rings. The molecule has 1 aromatic heterocycles. The van der Waals surface area contributed by atoms with Crippen LogP contribution in [0.15, 0.2) is 24.3 Å². The molecule has 1 fully saturated rings. The Bertz CT molecular complexity index is 812. The van der Waals surface area contributed by atoms with Crippen molar-refractivity contribution in [3.63, 3.8) is 0 Å². The van der Waals surface area contributed by atoms with Gasteiger partial charge in [0.05, 0.1) is 6.42 Å². The minimum absolute atomic E-state index is 0.0837. The molecule has 0 radical (unpaired) electrons. The van der Waals surface area contributed by atoms with E-state index in [0.717, 1.165) is 36.0 Å². The fraction of sp³-hybridized carbons (Fsp3) is 0.476. The summed E-state index contributed by atoms with van der Waals surface area (Å²) >= 11 is 0. The van der Waals surface area contributed by atoms with Crippen LogP contribution < -0.4 is 4.90 Å². The van der Waals surface area contributed by atoms with Crippen molar-refractivity contribution < 1.29 is 9.18 Å². The summed E-state index contributed by atoms with van der Waals surface area (Å²) in [4.78, 5) is 25.9. The second-order valence-electron chi connectivity index (χ2n) is 7.42. The summed E-state index contributed by atoms with van der Waals surface area (Å²) in [7, 11) is 0. The van der Waals surface area contributed by atoms with E-state index in [9.17, 15) is 9.18 Å². The maximum absolute atomic E-state index is 13.0. The van der Waals surface area contributed by atoms with Crippen molar-refractivity contribution in [3.05, 3.63) is 52.7 Å². The number of carbonyl (C=O) groups excluding carboxylic acids is 1. The van der Waals surface area contributed by atoms with Crippen molar-refractivity contribution >= 4 is 11.7 Å². The Kier molecular flexibility index (Phi) is 5.73. The molecule has 1 aromatic carbocycles. The maximum Gasteiger partial charge on any atom is 0.227 e. The van der Waals surface area contributed by atoms with E-state index in [-0.39, 0.29) is 11.7 Å². The number of anilines is 1. The van der Waals surface area contributed by atoms with Crippen LogP contribution in [0.25, 0.3) is 0 Å². The van der Waals surface area contributed by atoms with Crippen molar-refractivity contribution in [2.75, 3.05) is 31.1 Å². The van der Waals surface area contributed by atoms with Crippen molar-refractivity contribution in [2.45, 2.75) is 40.0 Å². The lowest BCUT2D eigenvalue weighted by molar-refractivity contribution is -0.130. The van der Waals surface area contributed by atoms with Crippen LogP contribution in [-0.4, -0.2) is 47.0 Å². The molecule has 2 aromatic rings. The predicted octanol–water partition coefficient (Wildman–Crippen LogP) is 3.25. The molecule has 1 aliphatic heterocycles. The molecule has 0 saturated carbocycles. The third kappa shape index (κ3) is 4.43. The summed E-state index contributed by atoms with van der Waals surface area (Å²) in [5.74, 6) is 1.93. The lowest BCUT2D eigenvalue weighted by Gasteiger charge is -2.37. The molecule has 27 heavy (non-hydrogen) atoms. The van der Waals surface area contributed by atoms with Gasteiger partial charge in [-0.25, -0.2) is 14.4 Å². The number of carbonyl (C=O) groups is 1. The number of benzene rings is 1. The minimum Gasteiger partial charge on any atom is -0.353 e. The van der Waals surface area contributed by atoms with Crippen molar-refractivity contribution in [3.8, 4) is 0 Å². The van der Waals surface area contributed by atoms with Gasteiger partial charge in [0.25, 0.3) is 0 Å². The number of hydrogen-bond acceptors (Lipinski definition) is 4. The Labute approximate surface area is 160 Å². The molecule has 0 N–H and O–H groups in total. The van der Waals surface area contributed by atoms with E-state index >= 15 is 0 Å². The summed E-state index contributed by atoms with van der Waals surface area (Å²) in [6, 6.07) is 6.14. The summed E-state index contributed by atoms with van der Waals surface area (Å²) in [5, 5.41) is 0. The normalized spacial score (nSPS) is 14.7. The van der Waals surface area contributed by atoms with Gasteiger partial charge in [-0.3, -0.25) is 4.79 Å². The van der Waals surface area contributed by atoms with Gasteiger partial charge in [-0.05, 0) is 37.5 Å². The number of amides is 1. The summed E-state index contributed by atoms with van der Waals surface area (Å²) < 4.78 is 13.0. The fourth-order valence-corrected chi connectivity index (χ4v) is 3.68. The zero-order valence-electron chi connectivity index (χ0n) is 16.5. The van der Waals surface area contributed by atoms with E-state index in [4.69, 9.17) is 4.98 Å². The quantitative estimate of drug-likeness (QED) is 0.829. The van der Waals surface area contributed by atoms with Gasteiger partial charge >= 0.3 is 0 Å². The molecule has 2 heterocycles. The van der Waals surface area contributed by atoms with Gasteiger partial charge in [0, 0.05) is 37.4 Å². The number of nitrogens with zero attached hydrogens (tertiary/aromatic N) is 4. The average Bonchev–Trinajstić information content (AvgIpc) is 2.62. The first kappa shape index (κ1) is 19.3. The van der Waals surface area contributed by atoms with Gasteiger partial charge < -0.3 is 9.80 Å². The first-order chi connectivity index (χ1) is 12.8. The van der Waals surface area contributed by atoms with E-state index < -0.39 is 0 Å². The zero-order chi connectivity index (χ0) is 19.6. The number of halogens is 1. The first-order valence-electron chi connectivity index (χ1n) is 9.47. The van der Waals surface area contributed by atoms with Crippen LogP contribution in [0.5, 0.6) is 0 Å². The SMILES string of the molecule is Cc1nc(C)c(C(C)C)c(N2CCN(C(=O)Cc3ccc(F)cc3)CC2)n1. The number of aromatic nitrogens is 2. The molecule has 144 valence electrons. The van der Waals surface area contributed by atoms with E-state index in [0.29, 0.717) is 25.4 Å². The summed E-state index contributed by atoms with van der Waals surface area (Å²) in [6.45, 7) is 11.1. The highest BCUT2D eigenvalue weighted by Gasteiger charge is 2.25. The minimum atomic E-state index is -0.281. The van der Waals surface area contributed by atoms with E-state index in [1.807, 2.05) is 18.7 Å². The highest BCUT2D eigenvalue weighted by molar-refractivity contribution is 5.79. The van der Waals surface area contributed by atoms with E-state index in [1.165, 1.54) is 17.7 Å². The summed E-state index contributed by atoms with van der Waals surface area (Å²) in [5.41, 5.74) is 3.06. The molecule has 5 nitrogen and oxygen atoms in total. The van der Waals surface area contributed by atoms with Gasteiger partial charge in [0.2, 0.25) is 5.91 Å². The highest BCUT2D eigenvalue weighted by atomic mass is 19.1. The second kappa shape index (κ2) is 8.03. The lowest BCUT2D eigenvalue weighted by Crippen LogP contribution is -2.49. The highest BCUT2D eigenvalue weighted by Crippen LogP contribution is 2.28. The van der Waals surface area contributed by atoms with Crippen molar-refractivity contribution in [1.82, 2.24) is 14.9 Å². The van der Waals surface area contributed by atoms with Crippen LogP contribution in [0, 0.1) is 19.7 Å². The molecule has 0 spiro atoms. The smallest absolute Gasteiger partial charge is 0.227 e. The maximum atomic E-state index is 13.0. The van der Waals surface area contributed by atoms with Gasteiger partial charge in [0.1, 0.15) is 17.5 Å². The topological polar surface area (TPSA) is 49.3 Å². The third-order valence-electron chi connectivity index (χ3n) is 5.01.